The fraction of sp³-hybridized carbons (Fsp3) is 0.867. The molecule has 1 saturated heterocycles. The first-order chi connectivity index (χ1) is 9.12. The SMILES string of the molecule is CCC1CCCCCN1C(=O)C1(C(N)=S)CCCC1. The highest BCUT2D eigenvalue weighted by molar-refractivity contribution is 7.80. The Bertz CT molecular complexity index is 350. The first-order valence-corrected chi connectivity index (χ1v) is 8.13. The molecule has 2 aliphatic rings. The van der Waals surface area contributed by atoms with Gasteiger partial charge in [0.2, 0.25) is 5.91 Å². The third kappa shape index (κ3) is 2.78. The van der Waals surface area contributed by atoms with Crippen molar-refractivity contribution in [2.24, 2.45) is 11.1 Å². The van der Waals surface area contributed by atoms with E-state index in [1.165, 1.54) is 12.8 Å². The Hall–Kier alpha value is -0.640. The average Bonchev–Trinajstić information content (AvgIpc) is 2.78. The molecule has 0 aromatic heterocycles. The zero-order valence-corrected chi connectivity index (χ0v) is 12.8. The number of hydrogen-bond donors (Lipinski definition) is 1. The molecule has 1 heterocycles. The summed E-state index contributed by atoms with van der Waals surface area (Å²) in [4.78, 5) is 15.6. The monoisotopic (exact) mass is 282 g/mol. The van der Waals surface area contributed by atoms with E-state index in [1.807, 2.05) is 0 Å². The Labute approximate surface area is 121 Å². The van der Waals surface area contributed by atoms with Crippen LogP contribution < -0.4 is 5.73 Å². The molecular formula is C15H26N2OS. The molecule has 1 aliphatic carbocycles. The Kier molecular flexibility index (Phi) is 4.82. The summed E-state index contributed by atoms with van der Waals surface area (Å²) in [5, 5.41) is 0. The van der Waals surface area contributed by atoms with E-state index in [4.69, 9.17) is 18.0 Å². The summed E-state index contributed by atoms with van der Waals surface area (Å²) in [6.45, 7) is 3.07. The molecule has 0 aromatic carbocycles. The van der Waals surface area contributed by atoms with Gasteiger partial charge in [-0.15, -0.1) is 0 Å². The lowest BCUT2D eigenvalue weighted by atomic mass is 9.83. The van der Waals surface area contributed by atoms with Crippen molar-refractivity contribution in [2.45, 2.75) is 70.8 Å². The van der Waals surface area contributed by atoms with E-state index in [9.17, 15) is 4.79 Å². The Balaban J connectivity index is 2.22. The molecule has 0 spiro atoms. The maximum Gasteiger partial charge on any atom is 0.235 e. The van der Waals surface area contributed by atoms with Crippen LogP contribution in [0.2, 0.25) is 0 Å². The Morgan fingerprint density at radius 3 is 2.53 bits per heavy atom. The number of rotatable bonds is 3. The molecule has 1 saturated carbocycles. The molecule has 108 valence electrons. The van der Waals surface area contributed by atoms with E-state index in [0.29, 0.717) is 11.0 Å². The van der Waals surface area contributed by atoms with Crippen LogP contribution in [0.3, 0.4) is 0 Å². The second-order valence-electron chi connectivity index (χ2n) is 6.06. The van der Waals surface area contributed by atoms with E-state index < -0.39 is 5.41 Å². The number of thiocarbonyl (C=S) groups is 1. The van der Waals surface area contributed by atoms with Crippen LogP contribution in [0.1, 0.15) is 64.7 Å². The topological polar surface area (TPSA) is 46.3 Å². The lowest BCUT2D eigenvalue weighted by molar-refractivity contribution is -0.140. The van der Waals surface area contributed by atoms with Gasteiger partial charge in [0.1, 0.15) is 0 Å². The van der Waals surface area contributed by atoms with Crippen LogP contribution in [0.25, 0.3) is 0 Å². The smallest absolute Gasteiger partial charge is 0.235 e. The van der Waals surface area contributed by atoms with Crippen molar-refractivity contribution in [3.05, 3.63) is 0 Å². The third-order valence-electron chi connectivity index (χ3n) is 4.95. The minimum atomic E-state index is -0.521. The molecule has 1 unspecified atom stereocenters. The van der Waals surface area contributed by atoms with Gasteiger partial charge in [0.25, 0.3) is 0 Å². The molecule has 3 nitrogen and oxygen atoms in total. The summed E-state index contributed by atoms with van der Waals surface area (Å²) in [6, 6.07) is 0.391. The number of carbonyl (C=O) groups is 1. The predicted octanol–water partition coefficient (Wildman–Crippen LogP) is 3.01. The lowest BCUT2D eigenvalue weighted by Gasteiger charge is -2.37. The van der Waals surface area contributed by atoms with Crippen molar-refractivity contribution in [3.8, 4) is 0 Å². The van der Waals surface area contributed by atoms with Crippen molar-refractivity contribution in [1.29, 1.82) is 0 Å². The highest BCUT2D eigenvalue weighted by Crippen LogP contribution is 2.41. The highest BCUT2D eigenvalue weighted by atomic mass is 32.1. The van der Waals surface area contributed by atoms with Gasteiger partial charge in [-0.2, -0.15) is 0 Å². The largest absolute Gasteiger partial charge is 0.392 e. The summed E-state index contributed by atoms with van der Waals surface area (Å²) < 4.78 is 0. The summed E-state index contributed by atoms with van der Waals surface area (Å²) in [7, 11) is 0. The minimum absolute atomic E-state index is 0.228. The van der Waals surface area contributed by atoms with Gasteiger partial charge in [0, 0.05) is 12.6 Å². The van der Waals surface area contributed by atoms with Gasteiger partial charge in [-0.1, -0.05) is 44.8 Å². The average molecular weight is 282 g/mol. The Morgan fingerprint density at radius 2 is 1.95 bits per heavy atom. The van der Waals surface area contributed by atoms with Gasteiger partial charge in [0.15, 0.2) is 0 Å². The van der Waals surface area contributed by atoms with Crippen LogP contribution in [0.5, 0.6) is 0 Å². The second kappa shape index (κ2) is 6.21. The molecule has 19 heavy (non-hydrogen) atoms. The van der Waals surface area contributed by atoms with Crippen molar-refractivity contribution < 1.29 is 4.79 Å². The van der Waals surface area contributed by atoms with E-state index in [1.54, 1.807) is 0 Å². The summed E-state index contributed by atoms with van der Waals surface area (Å²) in [6.07, 6.45) is 9.64. The van der Waals surface area contributed by atoms with Crippen LogP contribution in [-0.4, -0.2) is 28.4 Å². The van der Waals surface area contributed by atoms with Crippen molar-refractivity contribution in [3.63, 3.8) is 0 Å². The highest BCUT2D eigenvalue weighted by Gasteiger charge is 2.47. The molecule has 2 N–H and O–H groups in total. The maximum absolute atomic E-state index is 13.0. The first-order valence-electron chi connectivity index (χ1n) is 7.73. The molecule has 4 heteroatoms. The van der Waals surface area contributed by atoms with E-state index in [2.05, 4.69) is 11.8 Å². The first kappa shape index (κ1) is 14.8. The summed E-state index contributed by atoms with van der Waals surface area (Å²) >= 11 is 5.25. The third-order valence-corrected chi connectivity index (χ3v) is 5.34. The van der Waals surface area contributed by atoms with Gasteiger partial charge >= 0.3 is 0 Å². The second-order valence-corrected chi connectivity index (χ2v) is 6.50. The molecule has 0 bridgehead atoms. The van der Waals surface area contributed by atoms with Crippen LogP contribution in [0.4, 0.5) is 0 Å². The minimum Gasteiger partial charge on any atom is -0.392 e. The fourth-order valence-electron chi connectivity index (χ4n) is 3.69. The van der Waals surface area contributed by atoms with Gasteiger partial charge in [0.05, 0.1) is 10.4 Å². The van der Waals surface area contributed by atoms with Gasteiger partial charge in [-0.3, -0.25) is 4.79 Å². The molecular weight excluding hydrogens is 256 g/mol. The molecule has 2 rings (SSSR count). The normalized spacial score (nSPS) is 27.0. The molecule has 1 aliphatic heterocycles. The number of nitrogens with zero attached hydrogens (tertiary/aromatic N) is 1. The van der Waals surface area contributed by atoms with Crippen LogP contribution >= 0.6 is 12.2 Å². The van der Waals surface area contributed by atoms with Gasteiger partial charge in [-0.25, -0.2) is 0 Å². The number of amides is 1. The van der Waals surface area contributed by atoms with Gasteiger partial charge < -0.3 is 10.6 Å². The van der Waals surface area contributed by atoms with E-state index in [-0.39, 0.29) is 5.91 Å². The molecule has 1 amide bonds. The Morgan fingerprint density at radius 1 is 1.26 bits per heavy atom. The predicted molar refractivity (Wildman–Crippen MR) is 81.9 cm³/mol. The number of hydrogen-bond acceptors (Lipinski definition) is 2. The van der Waals surface area contributed by atoms with Gasteiger partial charge in [-0.05, 0) is 32.1 Å². The van der Waals surface area contributed by atoms with Crippen LogP contribution in [-0.2, 0) is 4.79 Å². The zero-order chi connectivity index (χ0) is 13.9. The molecule has 0 radical (unpaired) electrons. The standard InChI is InChI=1S/C15H26N2OS/c1-2-12-8-4-3-7-11-17(12)14(18)15(13(16)19)9-5-6-10-15/h12H,2-11H2,1H3,(H2,16,19). The van der Waals surface area contributed by atoms with Crippen LogP contribution in [0, 0.1) is 5.41 Å². The molecule has 0 aromatic rings. The van der Waals surface area contributed by atoms with Crippen LogP contribution in [0.15, 0.2) is 0 Å². The van der Waals surface area contributed by atoms with Crippen molar-refractivity contribution in [2.75, 3.05) is 6.54 Å². The lowest BCUT2D eigenvalue weighted by Crippen LogP contribution is -2.52. The quantitative estimate of drug-likeness (QED) is 0.809. The maximum atomic E-state index is 13.0. The van der Waals surface area contributed by atoms with Crippen molar-refractivity contribution >= 4 is 23.1 Å². The number of carbonyl (C=O) groups excluding carboxylic acids is 1. The zero-order valence-electron chi connectivity index (χ0n) is 12.0. The number of nitrogens with two attached hydrogens (primary N) is 1. The molecule has 2 fully saturated rings. The summed E-state index contributed by atoms with van der Waals surface area (Å²) in [5.41, 5.74) is 5.43. The van der Waals surface area contributed by atoms with E-state index >= 15 is 0 Å². The fourth-order valence-corrected chi connectivity index (χ4v) is 3.98. The van der Waals surface area contributed by atoms with E-state index in [0.717, 1.165) is 51.5 Å². The number of likely N-dealkylation sites (tertiary alicyclic amines) is 1. The molecule has 1 atom stereocenters. The van der Waals surface area contributed by atoms with Crippen molar-refractivity contribution in [1.82, 2.24) is 4.90 Å². The summed E-state index contributed by atoms with van der Waals surface area (Å²) in [5.74, 6) is 0.228.